The fourth-order valence-corrected chi connectivity index (χ4v) is 2.25. The van der Waals surface area contributed by atoms with Crippen molar-refractivity contribution in [2.24, 2.45) is 0 Å². The zero-order chi connectivity index (χ0) is 13.0. The van der Waals surface area contributed by atoms with Crippen molar-refractivity contribution >= 4 is 15.9 Å². The summed E-state index contributed by atoms with van der Waals surface area (Å²) in [5.41, 5.74) is 1.02. The Hall–Kier alpha value is -0.740. The second kappa shape index (κ2) is 6.26. The van der Waals surface area contributed by atoms with Crippen LogP contribution in [0.1, 0.15) is 32.3 Å². The first-order valence-electron chi connectivity index (χ1n) is 5.64. The van der Waals surface area contributed by atoms with Crippen LogP contribution < -0.4 is 9.47 Å². The van der Waals surface area contributed by atoms with Gasteiger partial charge in [-0.15, -0.1) is 0 Å². The number of aliphatic hydroxyl groups excluding tert-OH is 1. The number of ether oxygens (including phenoxy) is 2. The maximum atomic E-state index is 9.22. The summed E-state index contributed by atoms with van der Waals surface area (Å²) in [6, 6.07) is 3.79. The molecule has 1 aromatic carbocycles. The molecule has 17 heavy (non-hydrogen) atoms. The fraction of sp³-hybridized carbons (Fsp3) is 0.538. The zero-order valence-electron chi connectivity index (χ0n) is 10.7. The van der Waals surface area contributed by atoms with Crippen molar-refractivity contribution in [1.29, 1.82) is 0 Å². The SMILES string of the molecule is COc1cc(Br)c(C(C)CO)cc1OC(C)C. The first-order valence-corrected chi connectivity index (χ1v) is 6.43. The Morgan fingerprint density at radius 3 is 2.35 bits per heavy atom. The summed E-state index contributed by atoms with van der Waals surface area (Å²) in [6.07, 6.45) is 0.0855. The molecule has 1 unspecified atom stereocenters. The first-order chi connectivity index (χ1) is 7.99. The number of methoxy groups -OCH3 is 1. The zero-order valence-corrected chi connectivity index (χ0v) is 12.2. The van der Waals surface area contributed by atoms with Gasteiger partial charge in [0, 0.05) is 17.0 Å². The van der Waals surface area contributed by atoms with Gasteiger partial charge in [0.05, 0.1) is 13.2 Å². The van der Waals surface area contributed by atoms with E-state index in [4.69, 9.17) is 9.47 Å². The van der Waals surface area contributed by atoms with Gasteiger partial charge in [-0.3, -0.25) is 0 Å². The Labute approximate surface area is 111 Å². The molecule has 1 N–H and O–H groups in total. The van der Waals surface area contributed by atoms with Crippen LogP contribution in [-0.2, 0) is 0 Å². The number of hydrogen-bond acceptors (Lipinski definition) is 3. The van der Waals surface area contributed by atoms with Gasteiger partial charge in [-0.05, 0) is 31.5 Å². The van der Waals surface area contributed by atoms with Crippen molar-refractivity contribution in [3.05, 3.63) is 22.2 Å². The average molecular weight is 303 g/mol. The number of benzene rings is 1. The van der Waals surface area contributed by atoms with Crippen molar-refractivity contribution < 1.29 is 14.6 Å². The molecule has 0 heterocycles. The lowest BCUT2D eigenvalue weighted by molar-refractivity contribution is 0.229. The van der Waals surface area contributed by atoms with Gasteiger partial charge < -0.3 is 14.6 Å². The second-order valence-electron chi connectivity index (χ2n) is 4.27. The van der Waals surface area contributed by atoms with Crippen LogP contribution in [-0.4, -0.2) is 24.9 Å². The van der Waals surface area contributed by atoms with E-state index in [2.05, 4.69) is 15.9 Å². The topological polar surface area (TPSA) is 38.7 Å². The van der Waals surface area contributed by atoms with Gasteiger partial charge in [0.25, 0.3) is 0 Å². The molecule has 0 saturated carbocycles. The van der Waals surface area contributed by atoms with Crippen LogP contribution in [0.3, 0.4) is 0 Å². The first kappa shape index (κ1) is 14.3. The highest BCUT2D eigenvalue weighted by Crippen LogP contribution is 2.37. The van der Waals surface area contributed by atoms with Crippen LogP contribution in [0.4, 0.5) is 0 Å². The van der Waals surface area contributed by atoms with Gasteiger partial charge in [-0.2, -0.15) is 0 Å². The van der Waals surface area contributed by atoms with E-state index in [1.165, 1.54) is 0 Å². The van der Waals surface area contributed by atoms with Crippen LogP contribution in [0.5, 0.6) is 11.5 Å². The fourth-order valence-electron chi connectivity index (χ4n) is 1.53. The molecule has 3 nitrogen and oxygen atoms in total. The minimum absolute atomic E-state index is 0.0600. The molecule has 0 aliphatic heterocycles. The smallest absolute Gasteiger partial charge is 0.161 e. The lowest BCUT2D eigenvalue weighted by Crippen LogP contribution is -2.08. The molecule has 0 bridgehead atoms. The Morgan fingerprint density at radius 2 is 1.88 bits per heavy atom. The predicted octanol–water partition coefficient (Wildman–Crippen LogP) is 3.34. The Kier molecular flexibility index (Phi) is 5.28. The minimum atomic E-state index is 0.0600. The van der Waals surface area contributed by atoms with Crippen LogP contribution >= 0.6 is 15.9 Å². The average Bonchev–Trinajstić information content (AvgIpc) is 2.29. The van der Waals surface area contributed by atoms with E-state index in [0.29, 0.717) is 11.5 Å². The lowest BCUT2D eigenvalue weighted by Gasteiger charge is -2.18. The summed E-state index contributed by atoms with van der Waals surface area (Å²) in [5.74, 6) is 1.46. The maximum Gasteiger partial charge on any atom is 0.161 e. The standard InChI is InChI=1S/C13H19BrO3/c1-8(2)17-13-5-10(9(3)7-15)11(14)6-12(13)16-4/h5-6,8-9,15H,7H2,1-4H3. The van der Waals surface area contributed by atoms with E-state index in [1.54, 1.807) is 7.11 Å². The highest BCUT2D eigenvalue weighted by atomic mass is 79.9. The van der Waals surface area contributed by atoms with Crippen molar-refractivity contribution in [2.75, 3.05) is 13.7 Å². The summed E-state index contributed by atoms with van der Waals surface area (Å²) in [4.78, 5) is 0. The highest BCUT2D eigenvalue weighted by Gasteiger charge is 2.15. The molecular formula is C13H19BrO3. The third kappa shape index (κ3) is 3.61. The summed E-state index contributed by atoms with van der Waals surface area (Å²) in [7, 11) is 1.62. The normalized spacial score (nSPS) is 12.6. The molecule has 1 aromatic rings. The third-order valence-corrected chi connectivity index (χ3v) is 3.14. The molecule has 0 saturated heterocycles. The quantitative estimate of drug-likeness (QED) is 0.906. The van der Waals surface area contributed by atoms with Crippen LogP contribution in [0.25, 0.3) is 0 Å². The summed E-state index contributed by atoms with van der Waals surface area (Å²) in [6.45, 7) is 6.00. The number of hydrogen-bond donors (Lipinski definition) is 1. The highest BCUT2D eigenvalue weighted by molar-refractivity contribution is 9.10. The van der Waals surface area contributed by atoms with Gasteiger partial charge in [0.1, 0.15) is 0 Å². The molecule has 0 fully saturated rings. The molecular weight excluding hydrogens is 284 g/mol. The van der Waals surface area contributed by atoms with Gasteiger partial charge in [0.2, 0.25) is 0 Å². The molecule has 1 atom stereocenters. The third-order valence-electron chi connectivity index (χ3n) is 2.45. The molecule has 0 spiro atoms. The van der Waals surface area contributed by atoms with Crippen molar-refractivity contribution in [3.63, 3.8) is 0 Å². The van der Waals surface area contributed by atoms with Crippen LogP contribution in [0.15, 0.2) is 16.6 Å². The monoisotopic (exact) mass is 302 g/mol. The van der Waals surface area contributed by atoms with E-state index in [0.717, 1.165) is 10.0 Å². The van der Waals surface area contributed by atoms with Crippen LogP contribution in [0, 0.1) is 0 Å². The van der Waals surface area contributed by atoms with Gasteiger partial charge in [-0.25, -0.2) is 0 Å². The number of rotatable bonds is 5. The van der Waals surface area contributed by atoms with Crippen molar-refractivity contribution in [3.8, 4) is 11.5 Å². The van der Waals surface area contributed by atoms with Crippen LogP contribution in [0.2, 0.25) is 0 Å². The molecule has 0 amide bonds. The summed E-state index contributed by atoms with van der Waals surface area (Å²) >= 11 is 3.48. The Morgan fingerprint density at radius 1 is 1.24 bits per heavy atom. The van der Waals surface area contributed by atoms with Gasteiger partial charge in [-0.1, -0.05) is 22.9 Å². The summed E-state index contributed by atoms with van der Waals surface area (Å²) in [5, 5.41) is 9.22. The van der Waals surface area contributed by atoms with E-state index in [-0.39, 0.29) is 18.6 Å². The molecule has 96 valence electrons. The Balaban J connectivity index is 3.17. The molecule has 0 radical (unpaired) electrons. The number of halogens is 1. The minimum Gasteiger partial charge on any atom is -0.493 e. The largest absolute Gasteiger partial charge is 0.493 e. The molecule has 0 aromatic heterocycles. The number of aliphatic hydroxyl groups is 1. The van der Waals surface area contributed by atoms with Crippen molar-refractivity contribution in [1.82, 2.24) is 0 Å². The molecule has 1 rings (SSSR count). The van der Waals surface area contributed by atoms with Gasteiger partial charge in [0.15, 0.2) is 11.5 Å². The van der Waals surface area contributed by atoms with E-state index >= 15 is 0 Å². The Bertz CT molecular complexity index is 377. The maximum absolute atomic E-state index is 9.22. The summed E-state index contributed by atoms with van der Waals surface area (Å²) < 4.78 is 11.9. The van der Waals surface area contributed by atoms with E-state index in [1.807, 2.05) is 32.9 Å². The molecule has 0 aliphatic carbocycles. The second-order valence-corrected chi connectivity index (χ2v) is 5.13. The molecule has 4 heteroatoms. The lowest BCUT2D eigenvalue weighted by atomic mass is 10.0. The van der Waals surface area contributed by atoms with Gasteiger partial charge >= 0.3 is 0 Å². The van der Waals surface area contributed by atoms with Crippen molar-refractivity contribution in [2.45, 2.75) is 32.8 Å². The predicted molar refractivity (Wildman–Crippen MR) is 72.0 cm³/mol. The van der Waals surface area contributed by atoms with E-state index < -0.39 is 0 Å². The molecule has 0 aliphatic rings. The van der Waals surface area contributed by atoms with E-state index in [9.17, 15) is 5.11 Å².